The van der Waals surface area contributed by atoms with Crippen molar-refractivity contribution in [1.29, 1.82) is 0 Å². The molecule has 7 nitrogen and oxygen atoms in total. The fourth-order valence-corrected chi connectivity index (χ4v) is 5.49. The summed E-state index contributed by atoms with van der Waals surface area (Å²) in [6, 6.07) is 0.270. The molecule has 1 heterocycles. The number of carbonyl (C=O) groups is 1. The normalized spacial score (nSPS) is 25.0. The molecule has 0 unspecified atom stereocenters. The Labute approximate surface area is 158 Å². The van der Waals surface area contributed by atoms with Crippen molar-refractivity contribution in [3.63, 3.8) is 0 Å². The first-order valence-corrected chi connectivity index (χ1v) is 11.6. The van der Waals surface area contributed by atoms with E-state index in [9.17, 15) is 13.2 Å². The summed E-state index contributed by atoms with van der Waals surface area (Å²) in [5.74, 6) is 0.707. The van der Waals surface area contributed by atoms with E-state index in [2.05, 4.69) is 17.2 Å². The molecule has 0 radical (unpaired) electrons. The molecule has 0 bridgehead atoms. The van der Waals surface area contributed by atoms with E-state index in [1.807, 2.05) is 4.90 Å². The van der Waals surface area contributed by atoms with Gasteiger partial charge in [0.15, 0.2) is 9.34 Å². The first-order valence-electron chi connectivity index (χ1n) is 9.37. The fourth-order valence-electron chi connectivity index (χ4n) is 4.10. The number of amides is 2. The molecule has 0 aromatic carbocycles. The molecule has 26 heavy (non-hydrogen) atoms. The van der Waals surface area contributed by atoms with E-state index >= 15 is 0 Å². The molecule has 2 fully saturated rings. The van der Waals surface area contributed by atoms with Gasteiger partial charge in [-0.05, 0) is 44.4 Å². The van der Waals surface area contributed by atoms with Crippen molar-refractivity contribution >= 4 is 32.6 Å². The molecule has 0 aliphatic heterocycles. The van der Waals surface area contributed by atoms with Gasteiger partial charge < -0.3 is 4.90 Å². The Balaban J connectivity index is 1.74. The minimum atomic E-state index is -4.29. The Bertz CT molecular complexity index is 720. The van der Waals surface area contributed by atoms with Gasteiger partial charge in [0.05, 0.1) is 6.20 Å². The summed E-state index contributed by atoms with van der Waals surface area (Å²) in [4.78, 5) is 18.9. The zero-order valence-corrected chi connectivity index (χ0v) is 16.7. The van der Waals surface area contributed by atoms with Crippen molar-refractivity contribution in [1.82, 2.24) is 9.88 Å². The second-order valence-corrected chi connectivity index (χ2v) is 10.2. The van der Waals surface area contributed by atoms with Crippen LogP contribution in [0.5, 0.6) is 0 Å². The number of urea groups is 1. The lowest BCUT2D eigenvalue weighted by Gasteiger charge is -2.42. The van der Waals surface area contributed by atoms with E-state index < -0.39 is 10.1 Å². The standard InChI is InChI=1S/C17H27N3O4S2/c1-12-7-9-14(10-8-12)20(13-5-3-2-4-6-13)17(21)19-16-18-11-15(25-16)26(22,23)24/h11-14H,2-10H2,1H3,(H,18,19,21)(H,22,23,24). The number of hydrogen-bond donors (Lipinski definition) is 2. The number of aromatic nitrogens is 1. The highest BCUT2D eigenvalue weighted by Crippen LogP contribution is 2.33. The SMILES string of the molecule is CC1CCC(N(C(=O)Nc2ncc(S(=O)(=O)O)s2)C2CCCCC2)CC1. The van der Waals surface area contributed by atoms with Gasteiger partial charge in [0.25, 0.3) is 0 Å². The summed E-state index contributed by atoms with van der Waals surface area (Å²) in [5.41, 5.74) is 0. The largest absolute Gasteiger partial charge is 0.324 e. The van der Waals surface area contributed by atoms with Crippen LogP contribution < -0.4 is 5.32 Å². The molecule has 3 rings (SSSR count). The van der Waals surface area contributed by atoms with Crippen LogP contribution in [0.15, 0.2) is 10.4 Å². The summed E-state index contributed by atoms with van der Waals surface area (Å²) < 4.78 is 31.2. The van der Waals surface area contributed by atoms with Crippen LogP contribution in [0, 0.1) is 5.92 Å². The Kier molecular flexibility index (Phi) is 6.19. The van der Waals surface area contributed by atoms with Crippen LogP contribution in [-0.4, -0.2) is 41.0 Å². The summed E-state index contributed by atoms with van der Waals surface area (Å²) in [6.07, 6.45) is 10.9. The van der Waals surface area contributed by atoms with E-state index in [0.29, 0.717) is 5.92 Å². The van der Waals surface area contributed by atoms with Crippen LogP contribution in [0.3, 0.4) is 0 Å². The Morgan fingerprint density at radius 3 is 2.35 bits per heavy atom. The third kappa shape index (κ3) is 4.75. The Hall–Kier alpha value is -1.19. The van der Waals surface area contributed by atoms with Gasteiger partial charge in [-0.3, -0.25) is 9.87 Å². The summed E-state index contributed by atoms with van der Waals surface area (Å²) >= 11 is 0.772. The van der Waals surface area contributed by atoms with Crippen LogP contribution in [-0.2, 0) is 10.1 Å². The molecule has 0 atom stereocenters. The first-order chi connectivity index (χ1) is 12.3. The van der Waals surface area contributed by atoms with Crippen LogP contribution in [0.25, 0.3) is 0 Å². The highest BCUT2D eigenvalue weighted by Gasteiger charge is 2.34. The molecule has 146 valence electrons. The van der Waals surface area contributed by atoms with Crippen molar-refractivity contribution < 1.29 is 17.8 Å². The van der Waals surface area contributed by atoms with Crippen molar-refractivity contribution in [2.75, 3.05) is 5.32 Å². The third-order valence-corrected chi connectivity index (χ3v) is 7.74. The van der Waals surface area contributed by atoms with Crippen molar-refractivity contribution in [3.8, 4) is 0 Å². The molecule has 9 heteroatoms. The van der Waals surface area contributed by atoms with Crippen LogP contribution in [0.1, 0.15) is 64.7 Å². The van der Waals surface area contributed by atoms with Gasteiger partial charge in [0.2, 0.25) is 0 Å². The predicted octanol–water partition coefficient (Wildman–Crippen LogP) is 4.14. The molecule has 2 aliphatic rings. The number of anilines is 1. The lowest BCUT2D eigenvalue weighted by molar-refractivity contribution is 0.105. The highest BCUT2D eigenvalue weighted by molar-refractivity contribution is 7.88. The third-order valence-electron chi connectivity index (χ3n) is 5.53. The number of carbonyl (C=O) groups excluding carboxylic acids is 1. The smallest absolute Gasteiger partial charge is 0.319 e. The quantitative estimate of drug-likeness (QED) is 0.739. The molecule has 1 aromatic heterocycles. The number of nitrogens with zero attached hydrogens (tertiary/aromatic N) is 2. The Morgan fingerprint density at radius 2 is 1.77 bits per heavy atom. The number of hydrogen-bond acceptors (Lipinski definition) is 5. The van der Waals surface area contributed by atoms with Gasteiger partial charge in [0.1, 0.15) is 0 Å². The van der Waals surface area contributed by atoms with Crippen molar-refractivity contribution in [2.45, 2.75) is 81.0 Å². The monoisotopic (exact) mass is 401 g/mol. The lowest BCUT2D eigenvalue weighted by Crippen LogP contribution is -2.51. The maximum absolute atomic E-state index is 13.0. The maximum atomic E-state index is 13.0. The molecule has 2 saturated carbocycles. The fraction of sp³-hybridized carbons (Fsp3) is 0.765. The van der Waals surface area contributed by atoms with Gasteiger partial charge in [-0.15, -0.1) is 0 Å². The second-order valence-electron chi connectivity index (χ2n) is 7.50. The van der Waals surface area contributed by atoms with Crippen LogP contribution in [0.4, 0.5) is 9.93 Å². The highest BCUT2D eigenvalue weighted by atomic mass is 32.3. The minimum absolute atomic E-state index is 0.201. The van der Waals surface area contributed by atoms with E-state index in [1.54, 1.807) is 0 Å². The van der Waals surface area contributed by atoms with Crippen molar-refractivity contribution in [3.05, 3.63) is 6.20 Å². The van der Waals surface area contributed by atoms with Crippen LogP contribution >= 0.6 is 11.3 Å². The molecule has 2 aliphatic carbocycles. The average molecular weight is 402 g/mol. The molecule has 2 amide bonds. The Morgan fingerprint density at radius 1 is 1.15 bits per heavy atom. The van der Waals surface area contributed by atoms with Crippen LogP contribution in [0.2, 0.25) is 0 Å². The molecular formula is C17H27N3O4S2. The number of nitrogens with one attached hydrogen (secondary N) is 1. The summed E-state index contributed by atoms with van der Waals surface area (Å²) in [7, 11) is -4.29. The van der Waals surface area contributed by atoms with E-state index in [4.69, 9.17) is 4.55 Å². The lowest BCUT2D eigenvalue weighted by atomic mass is 9.84. The average Bonchev–Trinajstić information content (AvgIpc) is 3.07. The molecule has 2 N–H and O–H groups in total. The van der Waals surface area contributed by atoms with Gasteiger partial charge in [-0.25, -0.2) is 9.78 Å². The number of thiazole rings is 1. The van der Waals surface area contributed by atoms with Crippen molar-refractivity contribution in [2.24, 2.45) is 5.92 Å². The van der Waals surface area contributed by atoms with Gasteiger partial charge in [-0.1, -0.05) is 37.5 Å². The summed E-state index contributed by atoms with van der Waals surface area (Å²) in [6.45, 7) is 2.26. The maximum Gasteiger partial charge on any atom is 0.324 e. The topological polar surface area (TPSA) is 99.6 Å². The zero-order chi connectivity index (χ0) is 18.7. The minimum Gasteiger partial charge on any atom is -0.319 e. The molecule has 0 saturated heterocycles. The predicted molar refractivity (Wildman–Crippen MR) is 101 cm³/mol. The second kappa shape index (κ2) is 8.22. The zero-order valence-electron chi connectivity index (χ0n) is 15.1. The molecular weight excluding hydrogens is 374 g/mol. The summed E-state index contributed by atoms with van der Waals surface area (Å²) in [5, 5.41) is 2.96. The van der Waals surface area contributed by atoms with Gasteiger partial charge in [-0.2, -0.15) is 8.42 Å². The van der Waals surface area contributed by atoms with E-state index in [1.165, 1.54) is 6.42 Å². The first kappa shape index (κ1) is 19.6. The molecule has 0 spiro atoms. The number of rotatable bonds is 4. The van der Waals surface area contributed by atoms with Gasteiger partial charge >= 0.3 is 16.1 Å². The van der Waals surface area contributed by atoms with E-state index in [0.717, 1.165) is 68.9 Å². The molecule has 1 aromatic rings. The van der Waals surface area contributed by atoms with Gasteiger partial charge in [0, 0.05) is 12.1 Å². The van der Waals surface area contributed by atoms with E-state index in [-0.39, 0.29) is 27.5 Å².